The Bertz CT molecular complexity index is 1330. The highest BCUT2D eigenvalue weighted by atomic mass is 32.2. The Morgan fingerprint density at radius 2 is 1.91 bits per heavy atom. The molecule has 164 valence electrons. The predicted molar refractivity (Wildman–Crippen MR) is 130 cm³/mol. The fourth-order valence-electron chi connectivity index (χ4n) is 4.61. The summed E-state index contributed by atoms with van der Waals surface area (Å²) in [6.07, 6.45) is 4.29. The normalized spacial score (nSPS) is 16.7. The molecule has 2 aromatic heterocycles. The molecular formula is C25H26N4O2S. The lowest BCUT2D eigenvalue weighted by Crippen LogP contribution is -2.44. The van der Waals surface area contributed by atoms with Crippen LogP contribution in [0.3, 0.4) is 0 Å². The van der Waals surface area contributed by atoms with E-state index in [1.165, 1.54) is 18.2 Å². The number of hydrogen-bond acceptors (Lipinski definition) is 4. The summed E-state index contributed by atoms with van der Waals surface area (Å²) in [6.45, 7) is 2.96. The van der Waals surface area contributed by atoms with E-state index in [2.05, 4.69) is 11.9 Å². The molecule has 3 heterocycles. The molecule has 32 heavy (non-hydrogen) atoms. The number of nitrogens with one attached hydrogen (secondary N) is 1. The second-order valence-electron chi connectivity index (χ2n) is 8.20. The van der Waals surface area contributed by atoms with Crippen molar-refractivity contribution in [1.82, 2.24) is 19.4 Å². The lowest BCUT2D eigenvalue weighted by molar-refractivity contribution is -0.132. The van der Waals surface area contributed by atoms with Gasteiger partial charge in [-0.2, -0.15) is 0 Å². The van der Waals surface area contributed by atoms with Crippen LogP contribution in [0.5, 0.6) is 0 Å². The Kier molecular flexibility index (Phi) is 5.74. The first-order valence-corrected chi connectivity index (χ1v) is 12.2. The summed E-state index contributed by atoms with van der Waals surface area (Å²) in [7, 11) is 0. The van der Waals surface area contributed by atoms with Gasteiger partial charge < -0.3 is 9.88 Å². The monoisotopic (exact) mass is 446 g/mol. The van der Waals surface area contributed by atoms with Crippen LogP contribution < -0.4 is 5.56 Å². The Labute approximate surface area is 190 Å². The molecule has 1 aliphatic rings. The van der Waals surface area contributed by atoms with E-state index in [1.54, 1.807) is 4.57 Å². The molecule has 0 aliphatic carbocycles. The average Bonchev–Trinajstić information content (AvgIpc) is 3.22. The molecule has 0 spiro atoms. The number of carbonyl (C=O) groups excluding carboxylic acids is 1. The van der Waals surface area contributed by atoms with Crippen LogP contribution in [0.4, 0.5) is 0 Å². The minimum atomic E-state index is -0.156. The topological polar surface area (TPSA) is 71.0 Å². The van der Waals surface area contributed by atoms with Gasteiger partial charge in [0, 0.05) is 23.5 Å². The number of rotatable bonds is 5. The van der Waals surface area contributed by atoms with Crippen molar-refractivity contribution in [2.45, 2.75) is 43.8 Å². The number of fused-ring (bicyclic) bond motifs is 3. The van der Waals surface area contributed by atoms with Gasteiger partial charge in [-0.15, -0.1) is 0 Å². The molecule has 1 N–H and O–H groups in total. The maximum atomic E-state index is 13.5. The SMILES string of the molecule is CC[C@@H]1CCCCN1C(=O)CSc1nc2c([nH]c3ccccc32)c(=O)n1-c1ccccc1. The van der Waals surface area contributed by atoms with Crippen LogP contribution >= 0.6 is 11.8 Å². The Hall–Kier alpha value is -3.06. The molecule has 6 nitrogen and oxygen atoms in total. The molecule has 1 aliphatic heterocycles. The number of hydrogen-bond donors (Lipinski definition) is 1. The summed E-state index contributed by atoms with van der Waals surface area (Å²) >= 11 is 1.34. The van der Waals surface area contributed by atoms with Crippen molar-refractivity contribution in [3.63, 3.8) is 0 Å². The van der Waals surface area contributed by atoms with Crippen LogP contribution in [0.25, 0.3) is 27.6 Å². The van der Waals surface area contributed by atoms with Crippen molar-refractivity contribution < 1.29 is 4.79 Å². The van der Waals surface area contributed by atoms with E-state index in [9.17, 15) is 9.59 Å². The van der Waals surface area contributed by atoms with Gasteiger partial charge in [0.05, 0.1) is 11.4 Å². The van der Waals surface area contributed by atoms with Gasteiger partial charge in [0.2, 0.25) is 5.91 Å². The van der Waals surface area contributed by atoms with E-state index < -0.39 is 0 Å². The van der Waals surface area contributed by atoms with Crippen LogP contribution in [-0.4, -0.2) is 43.7 Å². The number of carbonyl (C=O) groups is 1. The van der Waals surface area contributed by atoms with Crippen molar-refractivity contribution in [3.8, 4) is 5.69 Å². The minimum absolute atomic E-state index is 0.120. The third-order valence-corrected chi connectivity index (χ3v) is 7.18. The smallest absolute Gasteiger partial charge is 0.283 e. The number of piperidine rings is 1. The summed E-state index contributed by atoms with van der Waals surface area (Å²) in [5.74, 6) is 0.387. The first kappa shape index (κ1) is 20.8. The fourth-order valence-corrected chi connectivity index (χ4v) is 5.50. The standard InChI is InChI=1S/C25H26N4O2S/c1-2-17-10-8-9-15-28(17)21(30)16-32-25-27-22-19-13-6-7-14-20(19)26-23(22)24(31)29(25)18-11-4-3-5-12-18/h3-7,11-14,17,26H,2,8-10,15-16H2,1H3/t17-/m1/s1. The summed E-state index contributed by atoms with van der Waals surface area (Å²) in [5.41, 5.74) is 2.59. The molecule has 0 saturated carbocycles. The zero-order valence-electron chi connectivity index (χ0n) is 18.1. The van der Waals surface area contributed by atoms with Crippen LogP contribution in [-0.2, 0) is 4.79 Å². The third kappa shape index (κ3) is 3.71. The summed E-state index contributed by atoms with van der Waals surface area (Å²) in [6, 6.07) is 17.6. The van der Waals surface area contributed by atoms with E-state index in [0.29, 0.717) is 22.2 Å². The van der Waals surface area contributed by atoms with Gasteiger partial charge in [-0.25, -0.2) is 4.98 Å². The molecule has 2 aromatic carbocycles. The van der Waals surface area contributed by atoms with Crippen LogP contribution in [0.1, 0.15) is 32.6 Å². The molecule has 0 unspecified atom stereocenters. The van der Waals surface area contributed by atoms with Gasteiger partial charge in [0.15, 0.2) is 5.16 Å². The molecule has 0 bridgehead atoms. The first-order valence-electron chi connectivity index (χ1n) is 11.2. The molecule has 1 saturated heterocycles. The maximum Gasteiger partial charge on any atom is 0.283 e. The second-order valence-corrected chi connectivity index (χ2v) is 9.14. The molecule has 1 atom stereocenters. The van der Waals surface area contributed by atoms with E-state index in [0.717, 1.165) is 42.4 Å². The first-order chi connectivity index (χ1) is 15.7. The van der Waals surface area contributed by atoms with Crippen molar-refractivity contribution in [2.24, 2.45) is 0 Å². The highest BCUT2D eigenvalue weighted by Crippen LogP contribution is 2.27. The highest BCUT2D eigenvalue weighted by molar-refractivity contribution is 7.99. The number of aromatic nitrogens is 3. The largest absolute Gasteiger partial charge is 0.349 e. The number of nitrogens with zero attached hydrogens (tertiary/aromatic N) is 3. The number of thioether (sulfide) groups is 1. The van der Waals surface area contributed by atoms with Gasteiger partial charge >= 0.3 is 0 Å². The molecule has 0 radical (unpaired) electrons. The van der Waals surface area contributed by atoms with E-state index in [4.69, 9.17) is 4.98 Å². The van der Waals surface area contributed by atoms with E-state index in [1.807, 2.05) is 59.5 Å². The zero-order valence-corrected chi connectivity index (χ0v) is 18.9. The number of amides is 1. The summed E-state index contributed by atoms with van der Waals surface area (Å²) in [5, 5.41) is 1.45. The summed E-state index contributed by atoms with van der Waals surface area (Å²) in [4.78, 5) is 36.8. The fraction of sp³-hybridized carbons (Fsp3) is 0.320. The van der Waals surface area contributed by atoms with Crippen LogP contribution in [0.15, 0.2) is 64.5 Å². The lowest BCUT2D eigenvalue weighted by atomic mass is 10.0. The number of benzene rings is 2. The van der Waals surface area contributed by atoms with Crippen molar-refractivity contribution in [1.29, 1.82) is 0 Å². The third-order valence-electron chi connectivity index (χ3n) is 6.25. The van der Waals surface area contributed by atoms with Crippen LogP contribution in [0, 0.1) is 0 Å². The van der Waals surface area contributed by atoms with Gasteiger partial charge in [-0.3, -0.25) is 14.2 Å². The Morgan fingerprint density at radius 1 is 1.12 bits per heavy atom. The molecule has 7 heteroatoms. The Morgan fingerprint density at radius 3 is 2.72 bits per heavy atom. The number of para-hydroxylation sites is 2. The van der Waals surface area contributed by atoms with E-state index in [-0.39, 0.29) is 17.2 Å². The van der Waals surface area contributed by atoms with E-state index >= 15 is 0 Å². The average molecular weight is 447 g/mol. The van der Waals surface area contributed by atoms with Crippen molar-refractivity contribution >= 4 is 39.6 Å². The molecule has 4 aromatic rings. The predicted octanol–water partition coefficient (Wildman–Crippen LogP) is 4.75. The maximum absolute atomic E-state index is 13.5. The van der Waals surface area contributed by atoms with Crippen LogP contribution in [0.2, 0.25) is 0 Å². The highest BCUT2D eigenvalue weighted by Gasteiger charge is 2.26. The van der Waals surface area contributed by atoms with Gasteiger partial charge in [0.25, 0.3) is 5.56 Å². The molecule has 1 fully saturated rings. The van der Waals surface area contributed by atoms with Gasteiger partial charge in [0.1, 0.15) is 11.0 Å². The Balaban J connectivity index is 1.57. The zero-order chi connectivity index (χ0) is 22.1. The van der Waals surface area contributed by atoms with Crippen molar-refractivity contribution in [3.05, 3.63) is 65.0 Å². The van der Waals surface area contributed by atoms with Gasteiger partial charge in [-0.05, 0) is 43.9 Å². The van der Waals surface area contributed by atoms with Crippen molar-refractivity contribution in [2.75, 3.05) is 12.3 Å². The number of aromatic amines is 1. The number of H-pyrrole nitrogens is 1. The van der Waals surface area contributed by atoms with Gasteiger partial charge in [-0.1, -0.05) is 55.1 Å². The molecular weight excluding hydrogens is 420 g/mol. The molecule has 1 amide bonds. The quantitative estimate of drug-likeness (QED) is 0.355. The minimum Gasteiger partial charge on any atom is -0.349 e. The lowest BCUT2D eigenvalue weighted by Gasteiger charge is -2.35. The summed E-state index contributed by atoms with van der Waals surface area (Å²) < 4.78 is 1.61. The molecule has 5 rings (SSSR count). The second kappa shape index (κ2) is 8.82. The number of likely N-dealkylation sites (tertiary alicyclic amines) is 1.